The summed E-state index contributed by atoms with van der Waals surface area (Å²) in [7, 11) is 0. The minimum Gasteiger partial charge on any atom is -0.481 e. The first-order chi connectivity index (χ1) is 8.11. The molecule has 2 rings (SSSR count). The zero-order valence-corrected chi connectivity index (χ0v) is 9.59. The molecule has 17 heavy (non-hydrogen) atoms. The molecule has 5 nitrogen and oxygen atoms in total. The molecule has 2 fully saturated rings. The number of carboxylic acid groups (broad SMARTS) is 1. The zero-order valence-electron chi connectivity index (χ0n) is 9.59. The van der Waals surface area contributed by atoms with Gasteiger partial charge in [0.1, 0.15) is 6.61 Å². The van der Waals surface area contributed by atoms with Gasteiger partial charge in [0, 0.05) is 6.04 Å². The topological polar surface area (TPSA) is 75.6 Å². The molecule has 2 aliphatic carbocycles. The summed E-state index contributed by atoms with van der Waals surface area (Å²) in [4.78, 5) is 22.2. The van der Waals surface area contributed by atoms with Crippen molar-refractivity contribution in [2.24, 2.45) is 17.8 Å². The molecule has 0 heterocycles. The van der Waals surface area contributed by atoms with Crippen LogP contribution >= 0.6 is 0 Å². The molecular weight excluding hydrogens is 222 g/mol. The highest BCUT2D eigenvalue weighted by Gasteiger charge is 2.50. The highest BCUT2D eigenvalue weighted by Crippen LogP contribution is 2.49. The fourth-order valence-corrected chi connectivity index (χ4v) is 2.92. The number of alkyl carbamates (subject to hydrolysis) is 1. The van der Waals surface area contributed by atoms with Gasteiger partial charge < -0.3 is 15.2 Å². The SMILES string of the molecule is C=CCOC(=O)N[C@@H]1C[C@@H]2C[C@@H](C(=O)O)C[C@@H]21. The van der Waals surface area contributed by atoms with Crippen molar-refractivity contribution in [2.45, 2.75) is 25.3 Å². The van der Waals surface area contributed by atoms with Crippen molar-refractivity contribution in [3.05, 3.63) is 12.7 Å². The van der Waals surface area contributed by atoms with Crippen molar-refractivity contribution in [3.63, 3.8) is 0 Å². The largest absolute Gasteiger partial charge is 0.481 e. The lowest BCUT2D eigenvalue weighted by Crippen LogP contribution is -2.50. The standard InChI is InChI=1S/C12H17NO4/c1-2-3-17-12(16)13-10-6-7-4-8(11(14)15)5-9(7)10/h2,7-10H,1,3-6H2,(H,13,16)(H,14,15)/t7-,8+,9-,10+/m0/s1. The maximum absolute atomic E-state index is 11.3. The predicted molar refractivity (Wildman–Crippen MR) is 60.4 cm³/mol. The molecule has 0 aromatic carbocycles. The number of hydrogen-bond donors (Lipinski definition) is 2. The lowest BCUT2D eigenvalue weighted by Gasteiger charge is -2.40. The average Bonchev–Trinajstić information content (AvgIpc) is 2.61. The van der Waals surface area contributed by atoms with E-state index in [0.717, 1.165) is 12.8 Å². The van der Waals surface area contributed by atoms with Gasteiger partial charge in [0.15, 0.2) is 0 Å². The van der Waals surface area contributed by atoms with Crippen LogP contribution in [0.15, 0.2) is 12.7 Å². The molecule has 0 aromatic heterocycles. The molecule has 2 aliphatic rings. The van der Waals surface area contributed by atoms with Gasteiger partial charge in [-0.3, -0.25) is 4.79 Å². The van der Waals surface area contributed by atoms with Crippen molar-refractivity contribution in [2.75, 3.05) is 6.61 Å². The summed E-state index contributed by atoms with van der Waals surface area (Å²) >= 11 is 0. The molecule has 2 saturated carbocycles. The molecule has 0 unspecified atom stereocenters. The molecule has 4 atom stereocenters. The van der Waals surface area contributed by atoms with E-state index >= 15 is 0 Å². The number of carboxylic acids is 1. The molecule has 0 spiro atoms. The minimum atomic E-state index is -0.715. The van der Waals surface area contributed by atoms with Crippen LogP contribution in [0.5, 0.6) is 0 Å². The van der Waals surface area contributed by atoms with E-state index in [4.69, 9.17) is 9.84 Å². The normalized spacial score (nSPS) is 34.4. The van der Waals surface area contributed by atoms with Crippen LogP contribution in [0.3, 0.4) is 0 Å². The molecular formula is C12H17NO4. The van der Waals surface area contributed by atoms with Gasteiger partial charge in [0.05, 0.1) is 5.92 Å². The van der Waals surface area contributed by atoms with Gasteiger partial charge >= 0.3 is 12.1 Å². The van der Waals surface area contributed by atoms with Gasteiger partial charge in [-0.1, -0.05) is 12.7 Å². The Morgan fingerprint density at radius 2 is 2.18 bits per heavy atom. The number of nitrogens with one attached hydrogen (secondary N) is 1. The van der Waals surface area contributed by atoms with Crippen LogP contribution in [0.25, 0.3) is 0 Å². The van der Waals surface area contributed by atoms with E-state index in [1.807, 2.05) is 0 Å². The minimum absolute atomic E-state index is 0.0849. The Balaban J connectivity index is 1.77. The molecule has 2 N–H and O–H groups in total. The lowest BCUT2D eigenvalue weighted by atomic mass is 9.71. The summed E-state index contributed by atoms with van der Waals surface area (Å²) in [5.74, 6) is -0.179. The lowest BCUT2D eigenvalue weighted by molar-refractivity contribution is -0.141. The van der Waals surface area contributed by atoms with Gasteiger partial charge in [-0.15, -0.1) is 0 Å². The number of rotatable bonds is 4. The van der Waals surface area contributed by atoms with E-state index in [0.29, 0.717) is 18.3 Å². The van der Waals surface area contributed by atoms with Crippen LogP contribution in [0.4, 0.5) is 4.79 Å². The van der Waals surface area contributed by atoms with Gasteiger partial charge in [-0.25, -0.2) is 4.79 Å². The predicted octanol–water partition coefficient (Wildman–Crippen LogP) is 1.40. The number of carbonyl (C=O) groups excluding carboxylic acids is 1. The van der Waals surface area contributed by atoms with E-state index in [1.165, 1.54) is 6.08 Å². The summed E-state index contributed by atoms with van der Waals surface area (Å²) in [5.41, 5.74) is 0. The molecule has 0 aromatic rings. The van der Waals surface area contributed by atoms with E-state index < -0.39 is 12.1 Å². The Kier molecular flexibility index (Phi) is 3.36. The van der Waals surface area contributed by atoms with E-state index in [2.05, 4.69) is 11.9 Å². The second-order valence-corrected chi connectivity index (χ2v) is 4.80. The smallest absolute Gasteiger partial charge is 0.407 e. The van der Waals surface area contributed by atoms with Gasteiger partial charge in [-0.2, -0.15) is 0 Å². The van der Waals surface area contributed by atoms with Crippen LogP contribution in [0.2, 0.25) is 0 Å². The number of hydrogen-bond acceptors (Lipinski definition) is 3. The maximum Gasteiger partial charge on any atom is 0.407 e. The summed E-state index contributed by atoms with van der Waals surface area (Å²) in [5, 5.41) is 11.7. The quantitative estimate of drug-likeness (QED) is 0.727. The number of ether oxygens (including phenoxy) is 1. The first-order valence-electron chi connectivity index (χ1n) is 5.88. The monoisotopic (exact) mass is 239 g/mol. The van der Waals surface area contributed by atoms with Gasteiger partial charge in [-0.05, 0) is 31.1 Å². The molecule has 94 valence electrons. The van der Waals surface area contributed by atoms with Crippen LogP contribution < -0.4 is 5.32 Å². The zero-order chi connectivity index (χ0) is 12.4. The Labute approximate surface area is 99.8 Å². The van der Waals surface area contributed by atoms with Crippen LogP contribution in [-0.4, -0.2) is 29.8 Å². The molecule has 0 bridgehead atoms. The van der Waals surface area contributed by atoms with E-state index in [1.54, 1.807) is 0 Å². The van der Waals surface area contributed by atoms with Crippen LogP contribution in [-0.2, 0) is 9.53 Å². The molecule has 0 aliphatic heterocycles. The fraction of sp³-hybridized carbons (Fsp3) is 0.667. The second-order valence-electron chi connectivity index (χ2n) is 4.80. The van der Waals surface area contributed by atoms with Crippen molar-refractivity contribution in [1.82, 2.24) is 5.32 Å². The Hall–Kier alpha value is -1.52. The third kappa shape index (κ3) is 2.43. The Morgan fingerprint density at radius 1 is 1.41 bits per heavy atom. The van der Waals surface area contributed by atoms with Crippen molar-refractivity contribution in [1.29, 1.82) is 0 Å². The molecule has 0 radical (unpaired) electrons. The summed E-state index contributed by atoms with van der Waals surface area (Å²) in [6.07, 6.45) is 3.37. The van der Waals surface area contributed by atoms with Gasteiger partial charge in [0.25, 0.3) is 0 Å². The highest BCUT2D eigenvalue weighted by molar-refractivity contribution is 5.71. The van der Waals surface area contributed by atoms with Crippen molar-refractivity contribution in [3.8, 4) is 0 Å². The fourth-order valence-electron chi connectivity index (χ4n) is 2.92. The molecule has 5 heteroatoms. The highest BCUT2D eigenvalue weighted by atomic mass is 16.5. The maximum atomic E-state index is 11.3. The number of fused-ring (bicyclic) bond motifs is 1. The average molecular weight is 239 g/mol. The number of carbonyl (C=O) groups is 2. The third-order valence-electron chi connectivity index (χ3n) is 3.81. The van der Waals surface area contributed by atoms with E-state index in [9.17, 15) is 9.59 Å². The molecule has 1 amide bonds. The Bertz CT molecular complexity index is 341. The first-order valence-corrected chi connectivity index (χ1v) is 5.88. The number of amides is 1. The Morgan fingerprint density at radius 3 is 2.82 bits per heavy atom. The summed E-state index contributed by atoms with van der Waals surface area (Å²) in [6, 6.07) is 0.0849. The first kappa shape index (κ1) is 12.0. The summed E-state index contributed by atoms with van der Waals surface area (Å²) < 4.78 is 4.84. The molecule has 0 saturated heterocycles. The van der Waals surface area contributed by atoms with Crippen molar-refractivity contribution >= 4 is 12.1 Å². The van der Waals surface area contributed by atoms with E-state index in [-0.39, 0.29) is 18.6 Å². The second kappa shape index (κ2) is 4.77. The summed E-state index contributed by atoms with van der Waals surface area (Å²) in [6.45, 7) is 3.66. The number of aliphatic carboxylic acids is 1. The van der Waals surface area contributed by atoms with Crippen molar-refractivity contribution < 1.29 is 19.4 Å². The van der Waals surface area contributed by atoms with Crippen LogP contribution in [0, 0.1) is 17.8 Å². The van der Waals surface area contributed by atoms with Crippen LogP contribution in [0.1, 0.15) is 19.3 Å². The third-order valence-corrected chi connectivity index (χ3v) is 3.81. The van der Waals surface area contributed by atoms with Gasteiger partial charge in [0.2, 0.25) is 0 Å².